The molecular weight excluding hydrogens is 374 g/mol. The summed E-state index contributed by atoms with van der Waals surface area (Å²) in [5.41, 5.74) is 5.81. The summed E-state index contributed by atoms with van der Waals surface area (Å²) in [4.78, 5) is 21.3. The molecular formula is C25H33N3O2. The Balaban J connectivity index is 1.55. The molecule has 0 radical (unpaired) electrons. The number of phenols is 1. The average molecular weight is 408 g/mol. The molecule has 3 aliphatic rings. The van der Waals surface area contributed by atoms with E-state index in [1.807, 2.05) is 17.0 Å². The van der Waals surface area contributed by atoms with Crippen LogP contribution in [0.3, 0.4) is 0 Å². The van der Waals surface area contributed by atoms with Crippen molar-refractivity contribution >= 4 is 5.91 Å². The third-order valence-electron chi connectivity index (χ3n) is 8.02. The zero-order valence-electron chi connectivity index (χ0n) is 18.2. The van der Waals surface area contributed by atoms with Crippen LogP contribution in [0.15, 0.2) is 24.3 Å². The summed E-state index contributed by atoms with van der Waals surface area (Å²) in [6.45, 7) is 9.35. The number of hydrogen-bond acceptors (Lipinski definition) is 3. The minimum absolute atomic E-state index is 0.0165. The number of piperidine rings is 1. The average Bonchev–Trinajstić information content (AvgIpc) is 3.40. The molecule has 1 aliphatic carbocycles. The van der Waals surface area contributed by atoms with Crippen molar-refractivity contribution in [3.8, 4) is 5.75 Å². The van der Waals surface area contributed by atoms with E-state index < -0.39 is 0 Å². The van der Waals surface area contributed by atoms with Gasteiger partial charge in [-0.15, -0.1) is 0 Å². The number of fused-ring (bicyclic) bond motifs is 2. The van der Waals surface area contributed by atoms with Gasteiger partial charge in [-0.25, -0.2) is 0 Å². The van der Waals surface area contributed by atoms with E-state index in [-0.39, 0.29) is 11.3 Å². The second-order valence-electron chi connectivity index (χ2n) is 9.51. The number of amides is 1. The van der Waals surface area contributed by atoms with Gasteiger partial charge < -0.3 is 19.9 Å². The fourth-order valence-electron chi connectivity index (χ4n) is 6.20. The molecule has 2 aromatic rings. The first-order valence-electron chi connectivity index (χ1n) is 11.5. The van der Waals surface area contributed by atoms with Crippen LogP contribution in [-0.2, 0) is 18.3 Å². The number of aromatic amines is 1. The molecule has 160 valence electrons. The minimum atomic E-state index is 0.0165. The topological polar surface area (TPSA) is 59.6 Å². The molecule has 2 aliphatic heterocycles. The molecule has 0 saturated carbocycles. The molecule has 5 rings (SSSR count). The van der Waals surface area contributed by atoms with Crippen molar-refractivity contribution in [2.45, 2.75) is 51.4 Å². The van der Waals surface area contributed by atoms with Crippen molar-refractivity contribution < 1.29 is 9.90 Å². The molecule has 1 aromatic heterocycles. The highest BCUT2D eigenvalue weighted by atomic mass is 16.3. The Morgan fingerprint density at radius 1 is 1.27 bits per heavy atom. The van der Waals surface area contributed by atoms with E-state index >= 15 is 0 Å². The van der Waals surface area contributed by atoms with Crippen LogP contribution in [0.2, 0.25) is 0 Å². The molecule has 30 heavy (non-hydrogen) atoms. The summed E-state index contributed by atoms with van der Waals surface area (Å²) in [5.74, 6) is 1.01. The number of carbonyl (C=O) groups is 1. The Kier molecular flexibility index (Phi) is 4.89. The number of carbonyl (C=O) groups excluding carboxylic acids is 1. The van der Waals surface area contributed by atoms with E-state index in [1.54, 1.807) is 6.07 Å². The maximum atomic E-state index is 13.1. The fraction of sp³-hybridized carbons (Fsp3) is 0.560. The molecule has 1 aromatic carbocycles. The van der Waals surface area contributed by atoms with Gasteiger partial charge in [-0.3, -0.25) is 4.79 Å². The van der Waals surface area contributed by atoms with Gasteiger partial charge in [0.2, 0.25) is 0 Å². The van der Waals surface area contributed by atoms with E-state index in [2.05, 4.69) is 29.8 Å². The lowest BCUT2D eigenvalue weighted by atomic mass is 9.58. The van der Waals surface area contributed by atoms with Crippen molar-refractivity contribution in [1.82, 2.24) is 14.8 Å². The summed E-state index contributed by atoms with van der Waals surface area (Å²) >= 11 is 0. The van der Waals surface area contributed by atoms with Gasteiger partial charge in [0.25, 0.3) is 5.91 Å². The van der Waals surface area contributed by atoms with Crippen LogP contribution in [0.4, 0.5) is 0 Å². The Bertz CT molecular complexity index is 959. The normalized spacial score (nSPS) is 26.5. The van der Waals surface area contributed by atoms with Gasteiger partial charge in [0.15, 0.2) is 0 Å². The van der Waals surface area contributed by atoms with Crippen LogP contribution in [0, 0.1) is 12.8 Å². The summed E-state index contributed by atoms with van der Waals surface area (Å²) in [7, 11) is 0. The van der Waals surface area contributed by atoms with Crippen LogP contribution < -0.4 is 0 Å². The zero-order chi connectivity index (χ0) is 20.9. The number of likely N-dealkylation sites (tertiary alicyclic amines) is 2. The number of benzene rings is 1. The molecule has 5 heteroatoms. The smallest absolute Gasteiger partial charge is 0.270 e. The number of phenolic OH excluding ortho intramolecular Hbond substituents is 1. The van der Waals surface area contributed by atoms with Crippen molar-refractivity contribution in [3.05, 3.63) is 52.3 Å². The van der Waals surface area contributed by atoms with Crippen LogP contribution in [0.5, 0.6) is 5.75 Å². The largest absolute Gasteiger partial charge is 0.508 e. The quantitative estimate of drug-likeness (QED) is 0.817. The Labute approximate surface area is 179 Å². The third kappa shape index (κ3) is 3.06. The van der Waals surface area contributed by atoms with Crippen LogP contribution in [0.25, 0.3) is 0 Å². The van der Waals surface area contributed by atoms with Crippen LogP contribution in [0.1, 0.15) is 59.1 Å². The van der Waals surface area contributed by atoms with Gasteiger partial charge in [0.05, 0.1) is 0 Å². The second kappa shape index (κ2) is 7.45. The van der Waals surface area contributed by atoms with Crippen LogP contribution >= 0.6 is 0 Å². The first-order valence-corrected chi connectivity index (χ1v) is 11.5. The number of hydrogen-bond donors (Lipinski definition) is 2. The fourth-order valence-corrected chi connectivity index (χ4v) is 6.20. The molecule has 5 nitrogen and oxygen atoms in total. The van der Waals surface area contributed by atoms with Gasteiger partial charge in [0.1, 0.15) is 11.4 Å². The van der Waals surface area contributed by atoms with Gasteiger partial charge in [-0.2, -0.15) is 0 Å². The first kappa shape index (κ1) is 19.7. The summed E-state index contributed by atoms with van der Waals surface area (Å²) in [6.07, 6.45) is 5.22. The van der Waals surface area contributed by atoms with Gasteiger partial charge >= 0.3 is 0 Å². The lowest BCUT2D eigenvalue weighted by Gasteiger charge is -2.51. The Morgan fingerprint density at radius 3 is 2.80 bits per heavy atom. The monoisotopic (exact) mass is 407 g/mol. The number of aromatic nitrogens is 1. The highest BCUT2D eigenvalue weighted by Crippen LogP contribution is 2.49. The Hall–Kier alpha value is -2.27. The van der Waals surface area contributed by atoms with Gasteiger partial charge in [-0.1, -0.05) is 19.1 Å². The molecule has 2 atom stereocenters. The molecule has 3 heterocycles. The van der Waals surface area contributed by atoms with Crippen molar-refractivity contribution in [3.63, 3.8) is 0 Å². The van der Waals surface area contributed by atoms with Crippen molar-refractivity contribution in [2.75, 3.05) is 32.7 Å². The molecule has 0 spiro atoms. The summed E-state index contributed by atoms with van der Waals surface area (Å²) in [5, 5.41) is 10.2. The number of aromatic hydroxyl groups is 1. The maximum absolute atomic E-state index is 13.1. The van der Waals surface area contributed by atoms with E-state index in [0.717, 1.165) is 76.1 Å². The van der Waals surface area contributed by atoms with E-state index in [0.29, 0.717) is 11.7 Å². The third-order valence-corrected chi connectivity index (χ3v) is 8.02. The highest BCUT2D eigenvalue weighted by Gasteiger charge is 2.48. The highest BCUT2D eigenvalue weighted by molar-refractivity contribution is 5.94. The number of nitrogens with one attached hydrogen (secondary N) is 1. The van der Waals surface area contributed by atoms with Gasteiger partial charge in [-0.05, 0) is 86.9 Å². The van der Waals surface area contributed by atoms with E-state index in [9.17, 15) is 9.90 Å². The minimum Gasteiger partial charge on any atom is -0.508 e. The lowest BCUT2D eigenvalue weighted by molar-refractivity contribution is 0.0786. The molecule has 0 bridgehead atoms. The molecule has 2 unspecified atom stereocenters. The molecule has 2 saturated heterocycles. The van der Waals surface area contributed by atoms with Crippen LogP contribution in [-0.4, -0.2) is 58.5 Å². The summed E-state index contributed by atoms with van der Waals surface area (Å²) < 4.78 is 0. The van der Waals surface area contributed by atoms with E-state index in [1.165, 1.54) is 16.8 Å². The predicted molar refractivity (Wildman–Crippen MR) is 118 cm³/mol. The zero-order valence-corrected chi connectivity index (χ0v) is 18.2. The second-order valence-corrected chi connectivity index (χ2v) is 9.51. The van der Waals surface area contributed by atoms with Crippen molar-refractivity contribution in [2.24, 2.45) is 5.92 Å². The maximum Gasteiger partial charge on any atom is 0.270 e. The first-order chi connectivity index (χ1) is 14.5. The van der Waals surface area contributed by atoms with Gasteiger partial charge in [0, 0.05) is 30.7 Å². The number of H-pyrrole nitrogens is 1. The lowest BCUT2D eigenvalue weighted by Crippen LogP contribution is -2.53. The SMILES string of the molecule is CCN1CCC2(c3cccc(O)c3)Cc3[nH]c(C(=O)N4CCCC4)c(C)c3CC2C1. The predicted octanol–water partition coefficient (Wildman–Crippen LogP) is 3.64. The number of nitrogens with zero attached hydrogens (tertiary/aromatic N) is 2. The standard InChI is InChI=1S/C25H33N3O2/c1-3-27-12-9-25(18-7-6-8-20(29)13-18)15-22-21(14-19(25)16-27)17(2)23(26-22)24(30)28-10-4-5-11-28/h6-8,13,19,26,29H,3-5,9-12,14-16H2,1-2H3. The van der Waals surface area contributed by atoms with Crippen molar-refractivity contribution in [1.29, 1.82) is 0 Å². The molecule has 2 fully saturated rings. The summed E-state index contributed by atoms with van der Waals surface area (Å²) in [6, 6.07) is 7.88. The Morgan fingerprint density at radius 2 is 2.07 bits per heavy atom. The van der Waals surface area contributed by atoms with E-state index in [4.69, 9.17) is 0 Å². The molecule has 1 amide bonds. The number of rotatable bonds is 3. The molecule has 2 N–H and O–H groups in total.